The molecule has 0 aliphatic heterocycles. The zero-order chi connectivity index (χ0) is 26.2. The molecule has 0 spiro atoms. The van der Waals surface area contributed by atoms with Gasteiger partial charge in [-0.2, -0.15) is 0 Å². The second-order valence-electron chi connectivity index (χ2n) is 9.35. The molecule has 6 heteroatoms. The van der Waals surface area contributed by atoms with Crippen LogP contribution in [-0.4, -0.2) is 26.9 Å². The lowest BCUT2D eigenvalue weighted by molar-refractivity contribution is 0.0652. The number of halogens is 1. The lowest BCUT2D eigenvalue weighted by Gasteiger charge is -2.32. The monoisotopic (exact) mass is 559 g/mol. The van der Waals surface area contributed by atoms with Gasteiger partial charge < -0.3 is 4.90 Å². The van der Waals surface area contributed by atoms with E-state index in [0.717, 1.165) is 35.7 Å². The Bertz CT molecular complexity index is 1380. The summed E-state index contributed by atoms with van der Waals surface area (Å²) in [6.45, 7) is 5.26. The van der Waals surface area contributed by atoms with Crippen LogP contribution in [0.15, 0.2) is 88.1 Å². The van der Waals surface area contributed by atoms with E-state index in [2.05, 4.69) is 29.8 Å². The van der Waals surface area contributed by atoms with Gasteiger partial charge in [0.25, 0.3) is 11.5 Å². The summed E-state index contributed by atoms with van der Waals surface area (Å²) in [5, 5.41) is 0.589. The van der Waals surface area contributed by atoms with Crippen molar-refractivity contribution in [2.75, 3.05) is 6.54 Å². The van der Waals surface area contributed by atoms with Crippen LogP contribution in [0.1, 0.15) is 73.7 Å². The van der Waals surface area contributed by atoms with E-state index >= 15 is 0 Å². The highest BCUT2D eigenvalue weighted by Crippen LogP contribution is 2.27. The van der Waals surface area contributed by atoms with E-state index in [1.54, 1.807) is 4.57 Å². The van der Waals surface area contributed by atoms with Gasteiger partial charge in [-0.3, -0.25) is 14.2 Å². The van der Waals surface area contributed by atoms with E-state index in [-0.39, 0.29) is 17.5 Å². The van der Waals surface area contributed by atoms with Crippen LogP contribution in [0.4, 0.5) is 0 Å². The summed E-state index contributed by atoms with van der Waals surface area (Å²) in [7, 11) is 0. The topological polar surface area (TPSA) is 55.2 Å². The van der Waals surface area contributed by atoms with E-state index in [1.807, 2.05) is 83.8 Å². The number of aromatic nitrogens is 2. The summed E-state index contributed by atoms with van der Waals surface area (Å²) in [6, 6.07) is 24.6. The Morgan fingerprint density at radius 2 is 1.62 bits per heavy atom. The molecule has 1 amide bonds. The normalized spacial score (nSPS) is 12.0. The van der Waals surface area contributed by atoms with Crippen LogP contribution in [0.3, 0.4) is 0 Å². The predicted octanol–water partition coefficient (Wildman–Crippen LogP) is 7.38. The summed E-state index contributed by atoms with van der Waals surface area (Å²) in [6.07, 6.45) is 4.86. The second-order valence-corrected chi connectivity index (χ2v) is 10.3. The zero-order valence-electron chi connectivity index (χ0n) is 21.6. The highest BCUT2D eigenvalue weighted by Gasteiger charge is 2.29. The van der Waals surface area contributed by atoms with Gasteiger partial charge in [0.2, 0.25) is 0 Å². The minimum absolute atomic E-state index is 0.0375. The molecule has 1 aromatic heterocycles. The fourth-order valence-electron chi connectivity index (χ4n) is 4.77. The standard InChI is InChI=1S/C31H34BrN3O2/c1-3-5-6-12-21-34(30(36)24-17-19-25(32)20-18-24)28(4-2)29-33-27-16-11-10-15-26(27)31(37)35(29)22-23-13-8-7-9-14-23/h7-11,13-20,28H,3-6,12,21-22H2,1-2H3. The molecule has 0 radical (unpaired) electrons. The van der Waals surface area contributed by atoms with Crippen LogP contribution >= 0.6 is 15.9 Å². The first-order chi connectivity index (χ1) is 18.0. The minimum Gasteiger partial charge on any atom is -0.328 e. The van der Waals surface area contributed by atoms with Crippen molar-refractivity contribution in [2.45, 2.75) is 58.5 Å². The molecule has 1 atom stereocenters. The number of fused-ring (bicyclic) bond motifs is 1. The van der Waals surface area contributed by atoms with Crippen molar-refractivity contribution in [3.63, 3.8) is 0 Å². The quantitative estimate of drug-likeness (QED) is 0.180. The average molecular weight is 561 g/mol. The summed E-state index contributed by atoms with van der Waals surface area (Å²) < 4.78 is 2.69. The van der Waals surface area contributed by atoms with E-state index in [4.69, 9.17) is 4.98 Å². The van der Waals surface area contributed by atoms with Gasteiger partial charge in [0.15, 0.2) is 0 Å². The van der Waals surface area contributed by atoms with Gasteiger partial charge in [-0.25, -0.2) is 4.98 Å². The molecule has 4 aromatic rings. The maximum atomic E-state index is 13.9. The van der Waals surface area contributed by atoms with Crippen LogP contribution in [0.5, 0.6) is 0 Å². The molecule has 4 rings (SSSR count). The molecular formula is C31H34BrN3O2. The molecule has 192 valence electrons. The van der Waals surface area contributed by atoms with Gasteiger partial charge in [-0.1, -0.05) is 91.5 Å². The molecule has 5 nitrogen and oxygen atoms in total. The number of unbranched alkanes of at least 4 members (excludes halogenated alkanes) is 3. The number of carbonyl (C=O) groups is 1. The van der Waals surface area contributed by atoms with Crippen molar-refractivity contribution >= 4 is 32.7 Å². The number of rotatable bonds is 11. The van der Waals surface area contributed by atoms with E-state index in [1.165, 1.54) is 0 Å². The highest BCUT2D eigenvalue weighted by molar-refractivity contribution is 9.10. The fraction of sp³-hybridized carbons (Fsp3) is 0.323. The number of benzene rings is 3. The maximum Gasteiger partial charge on any atom is 0.261 e. The predicted molar refractivity (Wildman–Crippen MR) is 154 cm³/mol. The first-order valence-corrected chi connectivity index (χ1v) is 13.9. The Hall–Kier alpha value is -3.25. The van der Waals surface area contributed by atoms with Gasteiger partial charge in [0, 0.05) is 16.6 Å². The van der Waals surface area contributed by atoms with Gasteiger partial charge in [0.05, 0.1) is 23.5 Å². The van der Waals surface area contributed by atoms with Crippen molar-refractivity contribution in [1.82, 2.24) is 14.5 Å². The van der Waals surface area contributed by atoms with Gasteiger partial charge >= 0.3 is 0 Å². The molecule has 3 aromatic carbocycles. The molecule has 1 unspecified atom stereocenters. The SMILES string of the molecule is CCCCCCN(C(=O)c1ccc(Br)cc1)C(CC)c1nc2ccccc2c(=O)n1Cc1ccccc1. The maximum absolute atomic E-state index is 13.9. The molecule has 0 fully saturated rings. The van der Waals surface area contributed by atoms with Crippen molar-refractivity contribution < 1.29 is 4.79 Å². The van der Waals surface area contributed by atoms with Crippen molar-refractivity contribution in [3.8, 4) is 0 Å². The number of para-hydroxylation sites is 1. The first kappa shape index (κ1) is 26.8. The Kier molecular flexibility index (Phi) is 9.29. The van der Waals surface area contributed by atoms with Crippen LogP contribution in [0.2, 0.25) is 0 Å². The number of hydrogen-bond acceptors (Lipinski definition) is 3. The molecule has 0 aliphatic rings. The van der Waals surface area contributed by atoms with Crippen LogP contribution in [-0.2, 0) is 6.54 Å². The Morgan fingerprint density at radius 3 is 2.32 bits per heavy atom. The molecule has 0 N–H and O–H groups in total. The van der Waals surface area contributed by atoms with Crippen LogP contribution in [0, 0.1) is 0 Å². The zero-order valence-corrected chi connectivity index (χ0v) is 23.2. The van der Waals surface area contributed by atoms with Gasteiger partial charge in [0.1, 0.15) is 5.82 Å². The summed E-state index contributed by atoms with van der Waals surface area (Å²) in [5.41, 5.74) is 2.23. The van der Waals surface area contributed by atoms with E-state index < -0.39 is 0 Å². The summed E-state index contributed by atoms with van der Waals surface area (Å²) in [4.78, 5) is 34.6. The Balaban J connectivity index is 1.83. The molecule has 0 bridgehead atoms. The Labute approximate surface area is 227 Å². The van der Waals surface area contributed by atoms with Crippen LogP contribution in [0.25, 0.3) is 10.9 Å². The first-order valence-electron chi connectivity index (χ1n) is 13.1. The third kappa shape index (κ3) is 6.37. The smallest absolute Gasteiger partial charge is 0.261 e. The molecule has 0 saturated carbocycles. The number of amides is 1. The molecule has 1 heterocycles. The summed E-state index contributed by atoms with van der Waals surface area (Å²) in [5.74, 6) is 0.598. The van der Waals surface area contributed by atoms with Crippen molar-refractivity contribution in [1.29, 1.82) is 0 Å². The molecule has 0 aliphatic carbocycles. The largest absolute Gasteiger partial charge is 0.328 e. The third-order valence-electron chi connectivity index (χ3n) is 6.74. The molecular weight excluding hydrogens is 526 g/mol. The summed E-state index contributed by atoms with van der Waals surface area (Å²) >= 11 is 3.47. The van der Waals surface area contributed by atoms with Crippen LogP contribution < -0.4 is 5.56 Å². The number of nitrogens with zero attached hydrogens (tertiary/aromatic N) is 3. The van der Waals surface area contributed by atoms with Gasteiger partial charge in [-0.15, -0.1) is 0 Å². The lowest BCUT2D eigenvalue weighted by Crippen LogP contribution is -2.39. The average Bonchev–Trinajstić information content (AvgIpc) is 2.93. The highest BCUT2D eigenvalue weighted by atomic mass is 79.9. The van der Waals surface area contributed by atoms with E-state index in [9.17, 15) is 9.59 Å². The molecule has 37 heavy (non-hydrogen) atoms. The number of carbonyl (C=O) groups excluding carboxylic acids is 1. The molecule has 0 saturated heterocycles. The van der Waals surface area contributed by atoms with E-state index in [0.29, 0.717) is 41.8 Å². The minimum atomic E-state index is -0.334. The lowest BCUT2D eigenvalue weighted by atomic mass is 10.1. The third-order valence-corrected chi connectivity index (χ3v) is 7.27. The Morgan fingerprint density at radius 1 is 0.919 bits per heavy atom. The number of hydrogen-bond donors (Lipinski definition) is 0. The van der Waals surface area contributed by atoms with Gasteiger partial charge in [-0.05, 0) is 54.8 Å². The second kappa shape index (κ2) is 12.8. The van der Waals surface area contributed by atoms with Crippen molar-refractivity contribution in [3.05, 3.63) is 111 Å². The fourth-order valence-corrected chi connectivity index (χ4v) is 5.03. The van der Waals surface area contributed by atoms with Crippen molar-refractivity contribution in [2.24, 2.45) is 0 Å².